The fourth-order valence-corrected chi connectivity index (χ4v) is 1.37. The highest BCUT2D eigenvalue weighted by atomic mass is 32.1. The van der Waals surface area contributed by atoms with Crippen molar-refractivity contribution < 1.29 is 9.47 Å². The zero-order chi connectivity index (χ0) is 9.80. The van der Waals surface area contributed by atoms with E-state index in [-0.39, 0.29) is 6.10 Å². The first-order valence-electron chi connectivity index (χ1n) is 4.32. The molecule has 1 aliphatic heterocycles. The predicted octanol–water partition coefficient (Wildman–Crippen LogP) is 1.93. The number of aliphatic imine (C=N–C) groups is 1. The molecule has 0 aliphatic carbocycles. The standard InChI is InChI=1S/C10H9NO2S/c14-7-11-5-8-6-12-9-3-1-2-4-10(9)13-8/h1-4,8H,5-6H2. The summed E-state index contributed by atoms with van der Waals surface area (Å²) in [6, 6.07) is 7.58. The summed E-state index contributed by atoms with van der Waals surface area (Å²) >= 11 is 4.49. The van der Waals surface area contributed by atoms with Gasteiger partial charge in [-0.1, -0.05) is 12.1 Å². The van der Waals surface area contributed by atoms with Crippen LogP contribution in [0.4, 0.5) is 0 Å². The van der Waals surface area contributed by atoms with Crippen molar-refractivity contribution in [3.05, 3.63) is 24.3 Å². The molecule has 1 atom stereocenters. The lowest BCUT2D eigenvalue weighted by molar-refractivity contribution is 0.0974. The van der Waals surface area contributed by atoms with Crippen molar-refractivity contribution in [3.8, 4) is 11.5 Å². The second-order valence-electron chi connectivity index (χ2n) is 2.93. The molecule has 0 N–H and O–H groups in total. The van der Waals surface area contributed by atoms with Gasteiger partial charge in [-0.15, -0.1) is 0 Å². The smallest absolute Gasteiger partial charge is 0.161 e. The Kier molecular flexibility index (Phi) is 2.77. The van der Waals surface area contributed by atoms with Gasteiger partial charge in [-0.25, -0.2) is 4.99 Å². The molecule has 1 unspecified atom stereocenters. The first kappa shape index (κ1) is 9.19. The molecule has 0 amide bonds. The number of fused-ring (bicyclic) bond motifs is 1. The van der Waals surface area contributed by atoms with E-state index in [1.54, 1.807) is 0 Å². The van der Waals surface area contributed by atoms with Gasteiger partial charge in [0.15, 0.2) is 17.6 Å². The van der Waals surface area contributed by atoms with Gasteiger partial charge >= 0.3 is 0 Å². The Morgan fingerprint density at radius 1 is 1.43 bits per heavy atom. The first-order valence-corrected chi connectivity index (χ1v) is 4.73. The van der Waals surface area contributed by atoms with E-state index in [9.17, 15) is 0 Å². The predicted molar refractivity (Wildman–Crippen MR) is 56.2 cm³/mol. The van der Waals surface area contributed by atoms with Gasteiger partial charge in [0, 0.05) is 0 Å². The molecule has 3 nitrogen and oxygen atoms in total. The van der Waals surface area contributed by atoms with Gasteiger partial charge in [-0.3, -0.25) is 0 Å². The first-order chi connectivity index (χ1) is 6.90. The summed E-state index contributed by atoms with van der Waals surface area (Å²) in [5.74, 6) is 1.55. The number of rotatable bonds is 2. The third-order valence-electron chi connectivity index (χ3n) is 1.93. The van der Waals surface area contributed by atoms with Crippen LogP contribution in [0.5, 0.6) is 11.5 Å². The normalized spacial score (nSPS) is 18.4. The number of para-hydroxylation sites is 2. The molecule has 0 saturated heterocycles. The number of isothiocyanates is 1. The van der Waals surface area contributed by atoms with Crippen molar-refractivity contribution in [1.29, 1.82) is 0 Å². The van der Waals surface area contributed by atoms with E-state index in [4.69, 9.17) is 9.47 Å². The molecule has 0 spiro atoms. The van der Waals surface area contributed by atoms with Gasteiger partial charge in [0.1, 0.15) is 6.61 Å². The summed E-state index contributed by atoms with van der Waals surface area (Å²) in [5.41, 5.74) is 0. The maximum atomic E-state index is 5.63. The van der Waals surface area contributed by atoms with Crippen LogP contribution in [0.25, 0.3) is 0 Å². The Balaban J connectivity index is 2.09. The van der Waals surface area contributed by atoms with Crippen molar-refractivity contribution in [2.24, 2.45) is 4.99 Å². The minimum atomic E-state index is -0.0552. The Morgan fingerprint density at radius 3 is 3.00 bits per heavy atom. The summed E-state index contributed by atoms with van der Waals surface area (Å²) in [4.78, 5) is 3.83. The van der Waals surface area contributed by atoms with Crippen LogP contribution in [0.2, 0.25) is 0 Å². The van der Waals surface area contributed by atoms with Crippen LogP contribution in [0.1, 0.15) is 0 Å². The summed E-state index contributed by atoms with van der Waals surface area (Å²) in [7, 11) is 0. The number of ether oxygens (including phenoxy) is 2. The molecule has 1 aromatic carbocycles. The lowest BCUT2D eigenvalue weighted by atomic mass is 10.2. The molecule has 72 valence electrons. The quantitative estimate of drug-likeness (QED) is 0.548. The molecule has 4 heteroatoms. The molecule has 2 rings (SSSR count). The summed E-state index contributed by atoms with van der Waals surface area (Å²) in [6.45, 7) is 1.01. The Labute approximate surface area is 87.4 Å². The van der Waals surface area contributed by atoms with Crippen LogP contribution in [-0.2, 0) is 0 Å². The van der Waals surface area contributed by atoms with Gasteiger partial charge < -0.3 is 9.47 Å². The second-order valence-corrected chi connectivity index (χ2v) is 3.11. The van der Waals surface area contributed by atoms with Crippen LogP contribution in [0.15, 0.2) is 29.3 Å². The number of hydrogen-bond acceptors (Lipinski definition) is 4. The van der Waals surface area contributed by atoms with E-state index < -0.39 is 0 Å². The van der Waals surface area contributed by atoms with Crippen LogP contribution in [0, 0.1) is 0 Å². The van der Waals surface area contributed by atoms with E-state index in [1.165, 1.54) is 0 Å². The minimum absolute atomic E-state index is 0.0552. The van der Waals surface area contributed by atoms with Gasteiger partial charge in [0.25, 0.3) is 0 Å². The minimum Gasteiger partial charge on any atom is -0.486 e. The maximum Gasteiger partial charge on any atom is 0.161 e. The maximum absolute atomic E-state index is 5.63. The number of nitrogens with zero attached hydrogens (tertiary/aromatic N) is 1. The van der Waals surface area contributed by atoms with E-state index in [0.29, 0.717) is 13.2 Å². The van der Waals surface area contributed by atoms with E-state index in [1.807, 2.05) is 24.3 Å². The fourth-order valence-electron chi connectivity index (χ4n) is 1.29. The van der Waals surface area contributed by atoms with Gasteiger partial charge in [0.2, 0.25) is 0 Å². The molecule has 0 radical (unpaired) electrons. The highest BCUT2D eigenvalue weighted by Gasteiger charge is 2.19. The molecule has 1 aliphatic rings. The molecular weight excluding hydrogens is 198 g/mol. The summed E-state index contributed by atoms with van der Waals surface area (Å²) in [6.07, 6.45) is -0.0552. The third-order valence-corrected chi connectivity index (χ3v) is 2.06. The van der Waals surface area contributed by atoms with Crippen molar-refractivity contribution in [2.45, 2.75) is 6.10 Å². The zero-order valence-electron chi connectivity index (χ0n) is 7.47. The Morgan fingerprint density at radius 2 is 2.21 bits per heavy atom. The highest BCUT2D eigenvalue weighted by Crippen LogP contribution is 2.30. The highest BCUT2D eigenvalue weighted by molar-refractivity contribution is 7.78. The van der Waals surface area contributed by atoms with Gasteiger partial charge in [0.05, 0.1) is 11.7 Å². The van der Waals surface area contributed by atoms with Crippen LogP contribution >= 0.6 is 12.2 Å². The van der Waals surface area contributed by atoms with Crippen molar-refractivity contribution in [2.75, 3.05) is 13.2 Å². The average molecular weight is 207 g/mol. The van der Waals surface area contributed by atoms with Crippen molar-refractivity contribution >= 4 is 17.4 Å². The second kappa shape index (κ2) is 4.22. The molecular formula is C10H9NO2S. The molecule has 0 aromatic heterocycles. The average Bonchev–Trinajstić information content (AvgIpc) is 2.26. The molecule has 0 bridgehead atoms. The lowest BCUT2D eigenvalue weighted by Crippen LogP contribution is -2.31. The van der Waals surface area contributed by atoms with Crippen molar-refractivity contribution in [3.63, 3.8) is 0 Å². The zero-order valence-corrected chi connectivity index (χ0v) is 8.29. The van der Waals surface area contributed by atoms with Crippen LogP contribution in [0.3, 0.4) is 0 Å². The molecule has 1 heterocycles. The molecule has 0 fully saturated rings. The lowest BCUT2D eigenvalue weighted by Gasteiger charge is -2.24. The Bertz CT molecular complexity index is 374. The number of benzene rings is 1. The van der Waals surface area contributed by atoms with E-state index in [2.05, 4.69) is 22.4 Å². The summed E-state index contributed by atoms with van der Waals surface area (Å²) < 4.78 is 11.1. The Hall–Kier alpha value is -1.38. The summed E-state index contributed by atoms with van der Waals surface area (Å²) in [5, 5.41) is 2.31. The third kappa shape index (κ3) is 1.92. The van der Waals surface area contributed by atoms with E-state index in [0.717, 1.165) is 11.5 Å². The van der Waals surface area contributed by atoms with Crippen molar-refractivity contribution in [1.82, 2.24) is 0 Å². The molecule has 14 heavy (non-hydrogen) atoms. The van der Waals surface area contributed by atoms with Gasteiger partial charge in [-0.05, 0) is 24.4 Å². The SMILES string of the molecule is S=C=NCC1COc2ccccc2O1. The molecule has 0 saturated carbocycles. The number of hydrogen-bond donors (Lipinski definition) is 0. The fraction of sp³-hybridized carbons (Fsp3) is 0.300. The number of thiocarbonyl (C=S) groups is 1. The monoisotopic (exact) mass is 207 g/mol. The largest absolute Gasteiger partial charge is 0.486 e. The van der Waals surface area contributed by atoms with E-state index >= 15 is 0 Å². The molecule has 1 aromatic rings. The van der Waals surface area contributed by atoms with Gasteiger partial charge in [-0.2, -0.15) is 0 Å². The van der Waals surface area contributed by atoms with Crippen LogP contribution in [-0.4, -0.2) is 24.4 Å². The topological polar surface area (TPSA) is 30.8 Å². The van der Waals surface area contributed by atoms with Crippen LogP contribution < -0.4 is 9.47 Å².